The van der Waals surface area contributed by atoms with E-state index < -0.39 is 11.8 Å². The third-order valence-corrected chi connectivity index (χ3v) is 5.37. The first-order chi connectivity index (χ1) is 10.4. The van der Waals surface area contributed by atoms with Gasteiger partial charge in [0.05, 0.1) is 0 Å². The van der Waals surface area contributed by atoms with Crippen molar-refractivity contribution in [2.45, 2.75) is 58.3 Å². The number of aryl methyl sites for hydroxylation is 2. The lowest BCUT2D eigenvalue weighted by atomic mass is 10.0. The summed E-state index contributed by atoms with van der Waals surface area (Å²) in [5, 5.41) is 8.86. The number of benzene rings is 1. The standard InChI is InChI=1S/C18H26O3S/c1-5-7-8-14(6-2)11-22-16-10-12(3)15(9-13(16)4)17(19)18(20)21/h9-10,14H,5-8,11H2,1-4H3,(H,20,21). The first-order valence-corrected chi connectivity index (χ1v) is 8.90. The van der Waals surface area contributed by atoms with Crippen LogP contribution in [0.5, 0.6) is 0 Å². The van der Waals surface area contributed by atoms with Crippen molar-refractivity contribution < 1.29 is 14.7 Å². The van der Waals surface area contributed by atoms with Gasteiger partial charge in [-0.15, -0.1) is 11.8 Å². The van der Waals surface area contributed by atoms with Crippen LogP contribution in [-0.4, -0.2) is 22.6 Å². The molecule has 1 N–H and O–H groups in total. The predicted molar refractivity (Wildman–Crippen MR) is 91.9 cm³/mol. The van der Waals surface area contributed by atoms with Crippen LogP contribution in [0.15, 0.2) is 17.0 Å². The van der Waals surface area contributed by atoms with Crippen molar-refractivity contribution in [2.24, 2.45) is 5.92 Å². The van der Waals surface area contributed by atoms with Crippen molar-refractivity contribution in [3.8, 4) is 0 Å². The smallest absolute Gasteiger partial charge is 0.377 e. The van der Waals surface area contributed by atoms with Crippen molar-refractivity contribution in [2.75, 3.05) is 5.75 Å². The van der Waals surface area contributed by atoms with E-state index in [4.69, 9.17) is 5.11 Å². The van der Waals surface area contributed by atoms with Crippen LogP contribution in [0.3, 0.4) is 0 Å². The van der Waals surface area contributed by atoms with Crippen LogP contribution in [0.25, 0.3) is 0 Å². The summed E-state index contributed by atoms with van der Waals surface area (Å²) in [6, 6.07) is 3.66. The van der Waals surface area contributed by atoms with E-state index in [0.29, 0.717) is 11.5 Å². The number of Topliss-reactive ketones (excluding diaryl/α,β-unsaturated/α-hetero) is 1. The van der Waals surface area contributed by atoms with Crippen molar-refractivity contribution >= 4 is 23.5 Å². The molecule has 0 aliphatic heterocycles. The van der Waals surface area contributed by atoms with Crippen molar-refractivity contribution in [1.82, 2.24) is 0 Å². The molecule has 1 rings (SSSR count). The van der Waals surface area contributed by atoms with Gasteiger partial charge in [-0.25, -0.2) is 4.79 Å². The molecule has 0 fully saturated rings. The van der Waals surface area contributed by atoms with E-state index in [1.807, 2.05) is 24.8 Å². The Kier molecular flexibility index (Phi) is 7.66. The van der Waals surface area contributed by atoms with Gasteiger partial charge in [0.2, 0.25) is 0 Å². The second-order valence-corrected chi connectivity index (χ2v) is 6.86. The molecule has 1 aromatic carbocycles. The molecule has 122 valence electrons. The first-order valence-electron chi connectivity index (χ1n) is 7.92. The van der Waals surface area contributed by atoms with Crippen LogP contribution in [0.1, 0.15) is 61.0 Å². The van der Waals surface area contributed by atoms with Gasteiger partial charge in [0.25, 0.3) is 5.78 Å². The molecule has 0 aliphatic carbocycles. The highest BCUT2D eigenvalue weighted by Crippen LogP contribution is 2.29. The zero-order chi connectivity index (χ0) is 16.7. The second kappa shape index (κ2) is 8.99. The molecule has 4 heteroatoms. The summed E-state index contributed by atoms with van der Waals surface area (Å²) >= 11 is 1.81. The van der Waals surface area contributed by atoms with E-state index in [1.54, 1.807) is 13.0 Å². The number of thioether (sulfide) groups is 1. The van der Waals surface area contributed by atoms with Crippen LogP contribution in [0.2, 0.25) is 0 Å². The molecule has 3 nitrogen and oxygen atoms in total. The lowest BCUT2D eigenvalue weighted by Gasteiger charge is -2.16. The van der Waals surface area contributed by atoms with Gasteiger partial charge in [0, 0.05) is 16.2 Å². The molecule has 22 heavy (non-hydrogen) atoms. The maximum atomic E-state index is 11.7. The van der Waals surface area contributed by atoms with Crippen molar-refractivity contribution in [3.05, 3.63) is 28.8 Å². The SMILES string of the molecule is CCCCC(CC)CSc1cc(C)c(C(=O)C(=O)O)cc1C. The van der Waals surface area contributed by atoms with Gasteiger partial charge in [0.1, 0.15) is 0 Å². The summed E-state index contributed by atoms with van der Waals surface area (Å²) in [6.07, 6.45) is 4.93. The average Bonchev–Trinajstić information content (AvgIpc) is 2.49. The molecule has 0 radical (unpaired) electrons. The van der Waals surface area contributed by atoms with Gasteiger partial charge in [-0.2, -0.15) is 0 Å². The molecular formula is C18H26O3S. The van der Waals surface area contributed by atoms with Gasteiger partial charge in [0.15, 0.2) is 0 Å². The second-order valence-electron chi connectivity index (χ2n) is 5.79. The highest BCUT2D eigenvalue weighted by molar-refractivity contribution is 7.99. The summed E-state index contributed by atoms with van der Waals surface area (Å²) in [6.45, 7) is 8.18. The Morgan fingerprint density at radius 3 is 2.41 bits per heavy atom. The first kappa shape index (κ1) is 18.8. The maximum absolute atomic E-state index is 11.7. The minimum absolute atomic E-state index is 0.298. The van der Waals surface area contributed by atoms with E-state index in [0.717, 1.165) is 21.8 Å². The number of ketones is 1. The summed E-state index contributed by atoms with van der Waals surface area (Å²) < 4.78 is 0. The number of aliphatic carboxylic acids is 1. The van der Waals surface area contributed by atoms with Gasteiger partial charge in [-0.05, 0) is 49.4 Å². The number of carboxylic acid groups (broad SMARTS) is 1. The molecule has 1 atom stereocenters. The van der Waals surface area contributed by atoms with Gasteiger partial charge >= 0.3 is 5.97 Å². The molecule has 1 unspecified atom stereocenters. The van der Waals surface area contributed by atoms with E-state index in [2.05, 4.69) is 13.8 Å². The Hall–Kier alpha value is -1.29. The topological polar surface area (TPSA) is 54.4 Å². The Morgan fingerprint density at radius 1 is 1.18 bits per heavy atom. The fraction of sp³-hybridized carbons (Fsp3) is 0.556. The van der Waals surface area contributed by atoms with E-state index >= 15 is 0 Å². The minimum Gasteiger partial charge on any atom is -0.475 e. The molecular weight excluding hydrogens is 296 g/mol. The molecule has 0 aromatic heterocycles. The van der Waals surface area contributed by atoms with Crippen LogP contribution < -0.4 is 0 Å². The van der Waals surface area contributed by atoms with Gasteiger partial charge in [-0.1, -0.05) is 33.1 Å². The molecule has 0 amide bonds. The quantitative estimate of drug-likeness (QED) is 0.400. The maximum Gasteiger partial charge on any atom is 0.377 e. The van der Waals surface area contributed by atoms with Crippen LogP contribution in [0, 0.1) is 19.8 Å². The Labute approximate surface area is 137 Å². The fourth-order valence-corrected chi connectivity index (χ4v) is 3.78. The molecule has 0 heterocycles. The molecule has 0 aliphatic rings. The summed E-state index contributed by atoms with van der Waals surface area (Å²) in [5.74, 6) is -0.437. The van der Waals surface area contributed by atoms with Crippen LogP contribution in [0.4, 0.5) is 0 Å². The molecule has 0 bridgehead atoms. The molecule has 0 saturated heterocycles. The largest absolute Gasteiger partial charge is 0.475 e. The Morgan fingerprint density at radius 2 is 1.86 bits per heavy atom. The number of rotatable bonds is 9. The normalized spacial score (nSPS) is 12.2. The number of carboxylic acids is 1. The lowest BCUT2D eigenvalue weighted by Crippen LogP contribution is -2.14. The number of hydrogen-bond acceptors (Lipinski definition) is 3. The number of hydrogen-bond donors (Lipinski definition) is 1. The predicted octanol–water partition coefficient (Wildman–Crippen LogP) is 4.88. The molecule has 0 spiro atoms. The highest BCUT2D eigenvalue weighted by Gasteiger charge is 2.18. The third-order valence-electron chi connectivity index (χ3n) is 3.98. The third kappa shape index (κ3) is 5.16. The van der Waals surface area contributed by atoms with E-state index in [9.17, 15) is 9.59 Å². The minimum atomic E-state index is -1.39. The molecule has 0 saturated carbocycles. The monoisotopic (exact) mass is 322 g/mol. The zero-order valence-corrected chi connectivity index (χ0v) is 14.8. The number of carbonyl (C=O) groups is 2. The Bertz CT molecular complexity index is 537. The van der Waals surface area contributed by atoms with Gasteiger partial charge in [-0.3, -0.25) is 4.79 Å². The summed E-state index contributed by atoms with van der Waals surface area (Å²) in [5.41, 5.74) is 2.01. The Balaban J connectivity index is 2.82. The average molecular weight is 322 g/mol. The summed E-state index contributed by atoms with van der Waals surface area (Å²) in [4.78, 5) is 23.6. The molecule has 1 aromatic rings. The van der Waals surface area contributed by atoms with E-state index in [-0.39, 0.29) is 0 Å². The summed E-state index contributed by atoms with van der Waals surface area (Å²) in [7, 11) is 0. The number of unbranched alkanes of at least 4 members (excludes halogenated alkanes) is 1. The van der Waals surface area contributed by atoms with Gasteiger partial charge < -0.3 is 5.11 Å². The van der Waals surface area contributed by atoms with Crippen molar-refractivity contribution in [3.63, 3.8) is 0 Å². The fourth-order valence-electron chi connectivity index (χ4n) is 2.41. The highest BCUT2D eigenvalue weighted by atomic mass is 32.2. The number of carbonyl (C=O) groups excluding carboxylic acids is 1. The van der Waals surface area contributed by atoms with Crippen molar-refractivity contribution in [1.29, 1.82) is 0 Å². The lowest BCUT2D eigenvalue weighted by molar-refractivity contribution is -0.131. The van der Waals surface area contributed by atoms with E-state index in [1.165, 1.54) is 25.7 Å². The van der Waals surface area contributed by atoms with Crippen LogP contribution >= 0.6 is 11.8 Å². The van der Waals surface area contributed by atoms with Crippen LogP contribution in [-0.2, 0) is 4.79 Å². The zero-order valence-electron chi connectivity index (χ0n) is 13.9.